The average molecular weight is 316 g/mol. The molecule has 3 heterocycles. The van der Waals surface area contributed by atoms with E-state index in [2.05, 4.69) is 14.9 Å². The van der Waals surface area contributed by atoms with E-state index < -0.39 is 0 Å². The van der Waals surface area contributed by atoms with E-state index in [1.54, 1.807) is 12.4 Å². The van der Waals surface area contributed by atoms with Gasteiger partial charge in [-0.25, -0.2) is 4.98 Å². The highest BCUT2D eigenvalue weighted by Crippen LogP contribution is 2.31. The minimum Gasteiger partial charge on any atom is -0.377 e. The summed E-state index contributed by atoms with van der Waals surface area (Å²) in [7, 11) is 0. The Morgan fingerprint density at radius 1 is 1.26 bits per heavy atom. The quantitative estimate of drug-likeness (QED) is 0.833. The van der Waals surface area contributed by atoms with E-state index >= 15 is 0 Å². The van der Waals surface area contributed by atoms with Gasteiger partial charge in [-0.05, 0) is 32.1 Å². The molecule has 2 saturated heterocycles. The molecular weight excluding hydrogens is 292 g/mol. The van der Waals surface area contributed by atoms with Gasteiger partial charge < -0.3 is 9.64 Å². The lowest BCUT2D eigenvalue weighted by atomic mass is 10.1. The van der Waals surface area contributed by atoms with E-state index in [1.165, 1.54) is 12.8 Å². The van der Waals surface area contributed by atoms with Crippen LogP contribution < -0.4 is 0 Å². The maximum Gasteiger partial charge on any atom is 0.274 e. The van der Waals surface area contributed by atoms with Crippen molar-refractivity contribution in [1.29, 1.82) is 0 Å². The molecule has 0 unspecified atom stereocenters. The van der Waals surface area contributed by atoms with Crippen LogP contribution in [0.5, 0.6) is 0 Å². The molecule has 3 fully saturated rings. The molecular formula is C17H24N4O2. The lowest BCUT2D eigenvalue weighted by Gasteiger charge is -2.37. The highest BCUT2D eigenvalue weighted by molar-refractivity contribution is 5.92. The lowest BCUT2D eigenvalue weighted by Crippen LogP contribution is -2.52. The van der Waals surface area contributed by atoms with Crippen LogP contribution in [0.1, 0.15) is 35.4 Å². The standard InChI is InChI=1S/C17H24N4O2/c1-12-7-19-16(8-18-12)17(22)21-5-4-20-10-15(6-14(20)9-21)23-11-13-2-3-13/h7-8,13-15H,2-6,9-11H2,1H3/t14-,15+/m0/s1. The minimum absolute atomic E-state index is 0.000464. The van der Waals surface area contributed by atoms with Crippen LogP contribution in [-0.4, -0.2) is 70.6 Å². The van der Waals surface area contributed by atoms with E-state index in [9.17, 15) is 4.79 Å². The van der Waals surface area contributed by atoms with Crippen molar-refractivity contribution in [1.82, 2.24) is 19.8 Å². The summed E-state index contributed by atoms with van der Waals surface area (Å²) in [6.45, 7) is 6.29. The van der Waals surface area contributed by atoms with Gasteiger partial charge in [0.25, 0.3) is 5.91 Å². The van der Waals surface area contributed by atoms with Gasteiger partial charge in [-0.15, -0.1) is 0 Å². The van der Waals surface area contributed by atoms with Crippen LogP contribution in [0.2, 0.25) is 0 Å². The molecule has 6 nitrogen and oxygen atoms in total. The summed E-state index contributed by atoms with van der Waals surface area (Å²) in [6, 6.07) is 0.426. The largest absolute Gasteiger partial charge is 0.377 e. The van der Waals surface area contributed by atoms with E-state index in [4.69, 9.17) is 4.74 Å². The smallest absolute Gasteiger partial charge is 0.274 e. The second kappa shape index (κ2) is 6.17. The van der Waals surface area contributed by atoms with Gasteiger partial charge >= 0.3 is 0 Å². The Labute approximate surface area is 136 Å². The van der Waals surface area contributed by atoms with Crippen LogP contribution in [-0.2, 0) is 4.74 Å². The Morgan fingerprint density at radius 3 is 2.87 bits per heavy atom. The first-order valence-electron chi connectivity index (χ1n) is 8.62. The minimum atomic E-state index is -0.000464. The number of carbonyl (C=O) groups excluding carboxylic acids is 1. The zero-order valence-electron chi connectivity index (χ0n) is 13.6. The van der Waals surface area contributed by atoms with Crippen molar-refractivity contribution in [3.63, 3.8) is 0 Å². The topological polar surface area (TPSA) is 58.6 Å². The van der Waals surface area contributed by atoms with Crippen molar-refractivity contribution in [3.05, 3.63) is 23.8 Å². The Morgan fingerprint density at radius 2 is 2.13 bits per heavy atom. The fourth-order valence-corrected chi connectivity index (χ4v) is 3.52. The van der Waals surface area contributed by atoms with Crippen LogP contribution in [0.3, 0.4) is 0 Å². The summed E-state index contributed by atoms with van der Waals surface area (Å²) >= 11 is 0. The molecule has 0 radical (unpaired) electrons. The Bertz CT molecular complexity index is 572. The van der Waals surface area contributed by atoms with Crippen LogP contribution in [0.15, 0.2) is 12.4 Å². The molecule has 23 heavy (non-hydrogen) atoms. The normalized spacial score (nSPS) is 28.0. The summed E-state index contributed by atoms with van der Waals surface area (Å²) < 4.78 is 6.04. The summed E-state index contributed by atoms with van der Waals surface area (Å²) in [5.74, 6) is 0.810. The number of amides is 1. The fourth-order valence-electron chi connectivity index (χ4n) is 3.52. The molecule has 6 heteroatoms. The summed E-state index contributed by atoms with van der Waals surface area (Å²) in [5, 5.41) is 0. The second-order valence-electron chi connectivity index (χ2n) is 7.08. The van der Waals surface area contributed by atoms with E-state index in [-0.39, 0.29) is 5.91 Å². The van der Waals surface area contributed by atoms with Gasteiger partial charge in [0.05, 0.1) is 18.0 Å². The van der Waals surface area contributed by atoms with Crippen LogP contribution >= 0.6 is 0 Å². The van der Waals surface area contributed by atoms with E-state index in [1.807, 2.05) is 11.8 Å². The summed E-state index contributed by atoms with van der Waals surface area (Å²) in [5.41, 5.74) is 1.28. The molecule has 124 valence electrons. The first-order chi connectivity index (χ1) is 11.2. The van der Waals surface area contributed by atoms with E-state index in [0.29, 0.717) is 17.8 Å². The van der Waals surface area contributed by atoms with Gasteiger partial charge in [0.15, 0.2) is 0 Å². The molecule has 1 aliphatic carbocycles. The van der Waals surface area contributed by atoms with Gasteiger partial charge in [-0.3, -0.25) is 14.7 Å². The summed E-state index contributed by atoms with van der Waals surface area (Å²) in [6.07, 6.45) is 7.28. The van der Waals surface area contributed by atoms with Crippen molar-refractivity contribution in [3.8, 4) is 0 Å². The van der Waals surface area contributed by atoms with Crippen molar-refractivity contribution in [2.24, 2.45) is 5.92 Å². The molecule has 2 atom stereocenters. The number of nitrogens with zero attached hydrogens (tertiary/aromatic N) is 4. The van der Waals surface area contributed by atoms with Crippen molar-refractivity contribution >= 4 is 5.91 Å². The Balaban J connectivity index is 1.34. The third kappa shape index (κ3) is 3.38. The molecule has 0 spiro atoms. The number of rotatable bonds is 4. The number of aryl methyl sites for hydroxylation is 1. The molecule has 3 aliphatic rings. The van der Waals surface area contributed by atoms with Crippen LogP contribution in [0.4, 0.5) is 0 Å². The molecule has 0 N–H and O–H groups in total. The van der Waals surface area contributed by atoms with Gasteiger partial charge in [0.2, 0.25) is 0 Å². The number of fused-ring (bicyclic) bond motifs is 1. The van der Waals surface area contributed by atoms with Crippen molar-refractivity contribution in [2.75, 3.05) is 32.8 Å². The number of piperazine rings is 1. The second-order valence-corrected chi connectivity index (χ2v) is 7.08. The molecule has 1 saturated carbocycles. The van der Waals surface area contributed by atoms with Crippen LogP contribution in [0.25, 0.3) is 0 Å². The van der Waals surface area contributed by atoms with Gasteiger partial charge in [-0.2, -0.15) is 0 Å². The Kier molecular flexibility index (Phi) is 4.03. The number of aromatic nitrogens is 2. The highest BCUT2D eigenvalue weighted by Gasteiger charge is 2.38. The molecule has 4 rings (SSSR count). The SMILES string of the molecule is Cc1cnc(C(=O)N2CCN3C[C@H](OCC4CC4)C[C@H]3C2)cn1. The average Bonchev–Trinajstić information content (AvgIpc) is 3.30. The third-order valence-electron chi connectivity index (χ3n) is 5.13. The van der Waals surface area contributed by atoms with E-state index in [0.717, 1.165) is 50.8 Å². The third-order valence-corrected chi connectivity index (χ3v) is 5.13. The zero-order valence-corrected chi connectivity index (χ0v) is 13.6. The van der Waals surface area contributed by atoms with Gasteiger partial charge in [0, 0.05) is 45.0 Å². The number of hydrogen-bond acceptors (Lipinski definition) is 5. The molecule has 1 aromatic rings. The number of ether oxygens (including phenoxy) is 1. The van der Waals surface area contributed by atoms with Crippen molar-refractivity contribution < 1.29 is 9.53 Å². The first kappa shape index (κ1) is 15.0. The van der Waals surface area contributed by atoms with Crippen LogP contribution in [0, 0.1) is 12.8 Å². The van der Waals surface area contributed by atoms with Gasteiger partial charge in [-0.1, -0.05) is 0 Å². The number of hydrogen-bond donors (Lipinski definition) is 0. The first-order valence-corrected chi connectivity index (χ1v) is 8.62. The molecule has 1 amide bonds. The van der Waals surface area contributed by atoms with Crippen molar-refractivity contribution in [2.45, 2.75) is 38.3 Å². The molecule has 0 bridgehead atoms. The predicted octanol–water partition coefficient (Wildman–Crippen LogP) is 1.11. The highest BCUT2D eigenvalue weighted by atomic mass is 16.5. The maximum absolute atomic E-state index is 12.6. The maximum atomic E-state index is 12.6. The summed E-state index contributed by atoms with van der Waals surface area (Å²) in [4.78, 5) is 25.4. The zero-order chi connectivity index (χ0) is 15.8. The molecule has 2 aliphatic heterocycles. The monoisotopic (exact) mass is 316 g/mol. The number of carbonyl (C=O) groups is 1. The lowest BCUT2D eigenvalue weighted by molar-refractivity contribution is 0.0491. The fraction of sp³-hybridized carbons (Fsp3) is 0.706. The Hall–Kier alpha value is -1.53. The molecule has 1 aromatic heterocycles. The molecule has 0 aromatic carbocycles. The predicted molar refractivity (Wildman–Crippen MR) is 85.1 cm³/mol. The van der Waals surface area contributed by atoms with Gasteiger partial charge in [0.1, 0.15) is 5.69 Å².